The molecule has 0 amide bonds. The lowest BCUT2D eigenvalue weighted by atomic mass is 10.0. The Morgan fingerprint density at radius 2 is 1.71 bits per heavy atom. The van der Waals surface area contributed by atoms with Gasteiger partial charge in [0.15, 0.2) is 0 Å². The average molecular weight is 328 g/mol. The Hall–Kier alpha value is -2.23. The van der Waals surface area contributed by atoms with E-state index in [2.05, 4.69) is 10.6 Å². The standard InChI is InChI=1S/C20H17F3N/c21-20(22,23)17-5-3-4-14(13-17)15-8-9-19-16(12-15)10-11-24(19)18-6-1-2-7-18/h3-5,8-9,11-13,18H,1-2,6-7H2. The molecule has 123 valence electrons. The van der Waals surface area contributed by atoms with Crippen LogP contribution in [0.3, 0.4) is 0 Å². The third kappa shape index (κ3) is 2.70. The lowest BCUT2D eigenvalue weighted by Gasteiger charge is -2.14. The molecule has 1 radical (unpaired) electrons. The summed E-state index contributed by atoms with van der Waals surface area (Å²) in [7, 11) is 0. The first-order valence-electron chi connectivity index (χ1n) is 8.22. The molecule has 0 aliphatic heterocycles. The van der Waals surface area contributed by atoms with Crippen LogP contribution in [0.1, 0.15) is 37.3 Å². The highest BCUT2D eigenvalue weighted by molar-refractivity contribution is 5.85. The first kappa shape index (κ1) is 15.3. The maximum absolute atomic E-state index is 12.9. The van der Waals surface area contributed by atoms with E-state index in [0.717, 1.165) is 22.5 Å². The predicted octanol–water partition coefficient (Wildman–Crippen LogP) is 6.24. The van der Waals surface area contributed by atoms with Gasteiger partial charge in [-0.2, -0.15) is 13.2 Å². The topological polar surface area (TPSA) is 4.93 Å². The molecule has 0 atom stereocenters. The second kappa shape index (κ2) is 5.69. The Balaban J connectivity index is 1.73. The molecule has 3 aromatic rings. The molecule has 1 nitrogen and oxygen atoms in total. The van der Waals surface area contributed by atoms with Crippen molar-refractivity contribution in [3.05, 3.63) is 60.3 Å². The van der Waals surface area contributed by atoms with Crippen LogP contribution in [-0.2, 0) is 6.18 Å². The zero-order chi connectivity index (χ0) is 16.7. The van der Waals surface area contributed by atoms with Gasteiger partial charge in [0, 0.05) is 29.2 Å². The highest BCUT2D eigenvalue weighted by atomic mass is 19.4. The van der Waals surface area contributed by atoms with Gasteiger partial charge in [-0.3, -0.25) is 0 Å². The van der Waals surface area contributed by atoms with Crippen molar-refractivity contribution in [2.45, 2.75) is 37.9 Å². The molecule has 1 fully saturated rings. The largest absolute Gasteiger partial charge is 0.416 e. The Kier molecular flexibility index (Phi) is 3.63. The second-order valence-electron chi connectivity index (χ2n) is 6.43. The van der Waals surface area contributed by atoms with E-state index in [9.17, 15) is 13.2 Å². The summed E-state index contributed by atoms with van der Waals surface area (Å²) in [5.74, 6) is 0. The number of rotatable bonds is 2. The van der Waals surface area contributed by atoms with E-state index < -0.39 is 11.7 Å². The fraction of sp³-hybridized carbons (Fsp3) is 0.300. The van der Waals surface area contributed by atoms with Gasteiger partial charge in [0.25, 0.3) is 0 Å². The van der Waals surface area contributed by atoms with Crippen molar-refractivity contribution in [3.8, 4) is 11.1 Å². The van der Waals surface area contributed by atoms with Crippen molar-refractivity contribution in [2.24, 2.45) is 0 Å². The summed E-state index contributed by atoms with van der Waals surface area (Å²) in [5, 5.41) is 0.955. The van der Waals surface area contributed by atoms with E-state index in [0.29, 0.717) is 11.6 Å². The van der Waals surface area contributed by atoms with Crippen molar-refractivity contribution >= 4 is 10.9 Å². The molecule has 0 spiro atoms. The smallest absolute Gasteiger partial charge is 0.344 e. The molecule has 2 aromatic carbocycles. The van der Waals surface area contributed by atoms with Crippen molar-refractivity contribution in [1.82, 2.24) is 4.57 Å². The molecule has 4 heteroatoms. The van der Waals surface area contributed by atoms with Crippen molar-refractivity contribution in [3.63, 3.8) is 0 Å². The average Bonchev–Trinajstić information content (AvgIpc) is 3.22. The van der Waals surface area contributed by atoms with Gasteiger partial charge in [-0.25, -0.2) is 0 Å². The molecular weight excluding hydrogens is 311 g/mol. The van der Waals surface area contributed by atoms with Gasteiger partial charge >= 0.3 is 6.18 Å². The van der Waals surface area contributed by atoms with Crippen LogP contribution in [0, 0.1) is 6.07 Å². The highest BCUT2D eigenvalue weighted by Gasteiger charge is 2.30. The van der Waals surface area contributed by atoms with E-state index in [1.54, 1.807) is 6.07 Å². The molecule has 0 N–H and O–H groups in total. The van der Waals surface area contributed by atoms with E-state index in [4.69, 9.17) is 0 Å². The lowest BCUT2D eigenvalue weighted by Crippen LogP contribution is -2.04. The summed E-state index contributed by atoms with van der Waals surface area (Å²) in [6.45, 7) is 0. The Morgan fingerprint density at radius 3 is 2.46 bits per heavy atom. The third-order valence-electron chi connectivity index (χ3n) is 4.88. The maximum Gasteiger partial charge on any atom is 0.416 e. The van der Waals surface area contributed by atoms with Gasteiger partial charge in [-0.1, -0.05) is 31.0 Å². The van der Waals surface area contributed by atoms with Crippen LogP contribution in [0.5, 0.6) is 0 Å². The zero-order valence-electron chi connectivity index (χ0n) is 13.1. The van der Waals surface area contributed by atoms with Crippen LogP contribution in [-0.4, -0.2) is 4.57 Å². The number of alkyl halides is 3. The van der Waals surface area contributed by atoms with Gasteiger partial charge in [0.05, 0.1) is 5.56 Å². The SMILES string of the molecule is FC(F)(F)c1cccc(-c2ccc3c([c]cn3C3CCCC3)c2)c1. The van der Waals surface area contributed by atoms with Crippen molar-refractivity contribution in [2.75, 3.05) is 0 Å². The van der Waals surface area contributed by atoms with Gasteiger partial charge in [-0.15, -0.1) is 0 Å². The summed E-state index contributed by atoms with van der Waals surface area (Å²) >= 11 is 0. The number of fused-ring (bicyclic) bond motifs is 1. The number of nitrogens with zero attached hydrogens (tertiary/aromatic N) is 1. The molecule has 1 aliphatic carbocycles. The molecule has 1 aliphatic rings. The fourth-order valence-corrected chi connectivity index (χ4v) is 3.62. The summed E-state index contributed by atoms with van der Waals surface area (Å²) in [4.78, 5) is 0. The molecule has 0 unspecified atom stereocenters. The minimum atomic E-state index is -4.32. The number of halogens is 3. The number of aromatic nitrogens is 1. The zero-order valence-corrected chi connectivity index (χ0v) is 13.1. The second-order valence-corrected chi connectivity index (χ2v) is 6.43. The fourth-order valence-electron chi connectivity index (χ4n) is 3.62. The van der Waals surface area contributed by atoms with Crippen LogP contribution in [0.25, 0.3) is 22.0 Å². The predicted molar refractivity (Wildman–Crippen MR) is 88.7 cm³/mol. The van der Waals surface area contributed by atoms with Gasteiger partial charge in [0.1, 0.15) is 0 Å². The molecule has 1 aromatic heterocycles. The molecule has 1 saturated carbocycles. The van der Waals surface area contributed by atoms with Gasteiger partial charge in [0.2, 0.25) is 0 Å². The van der Waals surface area contributed by atoms with Gasteiger partial charge < -0.3 is 4.57 Å². The summed E-state index contributed by atoms with van der Waals surface area (Å²) in [5.41, 5.74) is 1.85. The molecule has 4 rings (SSSR count). The van der Waals surface area contributed by atoms with Crippen molar-refractivity contribution < 1.29 is 13.2 Å². The van der Waals surface area contributed by atoms with E-state index in [-0.39, 0.29) is 0 Å². The third-order valence-corrected chi connectivity index (χ3v) is 4.88. The number of hydrogen-bond acceptors (Lipinski definition) is 0. The van der Waals surface area contributed by atoms with Gasteiger partial charge in [-0.05, 0) is 48.2 Å². The first-order valence-corrected chi connectivity index (χ1v) is 8.22. The summed E-state index contributed by atoms with van der Waals surface area (Å²) in [6.07, 6.45) is 2.55. The van der Waals surface area contributed by atoms with Crippen LogP contribution in [0.2, 0.25) is 0 Å². The minimum absolute atomic E-state index is 0.526. The monoisotopic (exact) mass is 328 g/mol. The Bertz CT molecular complexity index is 870. The van der Waals surface area contributed by atoms with Crippen molar-refractivity contribution in [1.29, 1.82) is 0 Å². The molecule has 0 bridgehead atoms. The molecule has 0 saturated heterocycles. The van der Waals surface area contributed by atoms with Crippen LogP contribution in [0.4, 0.5) is 13.2 Å². The molecule has 1 heterocycles. The van der Waals surface area contributed by atoms with E-state index in [1.165, 1.54) is 37.8 Å². The summed E-state index contributed by atoms with van der Waals surface area (Å²) in [6, 6.07) is 15.1. The quantitative estimate of drug-likeness (QED) is 0.524. The normalized spacial score (nSPS) is 16.1. The number of benzene rings is 2. The van der Waals surface area contributed by atoms with E-state index in [1.807, 2.05) is 24.4 Å². The molecule has 24 heavy (non-hydrogen) atoms. The number of hydrogen-bond donors (Lipinski definition) is 0. The molecular formula is C20H17F3N. The summed E-state index contributed by atoms with van der Waals surface area (Å²) < 4.78 is 41.0. The first-order chi connectivity index (χ1) is 11.5. The minimum Gasteiger partial charge on any atom is -0.344 e. The van der Waals surface area contributed by atoms with Crippen LogP contribution >= 0.6 is 0 Å². The van der Waals surface area contributed by atoms with E-state index >= 15 is 0 Å². The maximum atomic E-state index is 12.9. The lowest BCUT2D eigenvalue weighted by molar-refractivity contribution is -0.137. The van der Waals surface area contributed by atoms with Crippen LogP contribution in [0.15, 0.2) is 48.7 Å². The highest BCUT2D eigenvalue weighted by Crippen LogP contribution is 2.35. The van der Waals surface area contributed by atoms with Crippen LogP contribution < -0.4 is 0 Å². The Labute approximate surface area is 138 Å². The Morgan fingerprint density at radius 1 is 0.958 bits per heavy atom.